The van der Waals surface area contributed by atoms with Crippen molar-refractivity contribution in [2.75, 3.05) is 19.7 Å². The molecule has 8 heteroatoms. The molecule has 0 spiro atoms. The molecule has 3 fully saturated rings. The molecule has 0 radical (unpaired) electrons. The Morgan fingerprint density at radius 2 is 1.59 bits per heavy atom. The lowest BCUT2D eigenvalue weighted by Crippen LogP contribution is -2.47. The minimum Gasteiger partial charge on any atom is -0.481 e. The van der Waals surface area contributed by atoms with Crippen molar-refractivity contribution < 1.29 is 24.2 Å². The molecule has 44 heavy (non-hydrogen) atoms. The summed E-state index contributed by atoms with van der Waals surface area (Å²) >= 11 is 0. The van der Waals surface area contributed by atoms with Crippen LogP contribution in [-0.2, 0) is 14.3 Å². The van der Waals surface area contributed by atoms with Crippen LogP contribution < -0.4 is 5.32 Å². The van der Waals surface area contributed by atoms with Crippen LogP contribution in [0.15, 0.2) is 4.99 Å². The fourth-order valence-corrected chi connectivity index (χ4v) is 7.16. The van der Waals surface area contributed by atoms with E-state index in [9.17, 15) is 19.5 Å². The molecule has 2 amide bonds. The zero-order chi connectivity index (χ0) is 32.0. The number of nitrogens with one attached hydrogen (secondary N) is 1. The summed E-state index contributed by atoms with van der Waals surface area (Å²) in [6.45, 7) is 8.30. The first kappa shape index (κ1) is 38.3. The van der Waals surface area contributed by atoms with E-state index in [4.69, 9.17) is 4.74 Å². The highest BCUT2D eigenvalue weighted by Gasteiger charge is 2.27. The Kier molecular flexibility index (Phi) is 20.4. The van der Waals surface area contributed by atoms with Crippen molar-refractivity contribution in [2.45, 2.75) is 174 Å². The lowest BCUT2D eigenvalue weighted by molar-refractivity contribution is -0.143. The minimum absolute atomic E-state index is 0.0888. The maximum atomic E-state index is 13.0. The quantitative estimate of drug-likeness (QED) is 0.0962. The van der Waals surface area contributed by atoms with Crippen LogP contribution in [0.4, 0.5) is 4.79 Å². The number of nitrogens with zero attached hydrogens (tertiary/aromatic N) is 2. The summed E-state index contributed by atoms with van der Waals surface area (Å²) in [7, 11) is 0. The number of aliphatic imine (C=N–C) groups is 1. The van der Waals surface area contributed by atoms with Crippen molar-refractivity contribution in [3.63, 3.8) is 0 Å². The Labute approximate surface area is 268 Å². The van der Waals surface area contributed by atoms with Gasteiger partial charge in [0.2, 0.25) is 6.08 Å². The molecule has 0 saturated heterocycles. The first-order chi connectivity index (χ1) is 21.3. The molecule has 8 nitrogen and oxygen atoms in total. The zero-order valence-electron chi connectivity index (χ0n) is 28.4. The van der Waals surface area contributed by atoms with E-state index < -0.39 is 5.97 Å². The molecule has 3 atom stereocenters. The van der Waals surface area contributed by atoms with Crippen LogP contribution in [0.3, 0.4) is 0 Å². The second-order valence-electron chi connectivity index (χ2n) is 14.0. The van der Waals surface area contributed by atoms with E-state index in [-0.39, 0.29) is 24.0 Å². The van der Waals surface area contributed by atoms with E-state index >= 15 is 0 Å². The third-order valence-corrected chi connectivity index (χ3v) is 10.0. The van der Waals surface area contributed by atoms with Gasteiger partial charge in [-0.25, -0.2) is 14.6 Å². The smallest absolute Gasteiger partial charge is 0.317 e. The number of amides is 2. The normalized spacial score (nSPS) is 21.9. The highest BCUT2D eigenvalue weighted by Crippen LogP contribution is 2.32. The van der Waals surface area contributed by atoms with Gasteiger partial charge in [-0.2, -0.15) is 0 Å². The maximum absolute atomic E-state index is 13.0. The molecular formula is C36H65N3O5. The molecule has 1 unspecified atom stereocenters. The molecule has 0 aromatic carbocycles. The largest absolute Gasteiger partial charge is 0.481 e. The molecule has 0 bridgehead atoms. The molecule has 0 aromatic heterocycles. The number of aliphatic carboxylic acids is 1. The molecule has 3 aliphatic rings. The van der Waals surface area contributed by atoms with Gasteiger partial charge >= 0.3 is 12.0 Å². The Balaban J connectivity index is 0.000000639. The number of urea groups is 1. The Hall–Kier alpha value is -1.92. The standard InChI is InChI=1S/C29H54N2O4.C7H11NO/c1-4-5-6-7-11-19-31(29(34)30-25-14-9-8-10-15-25)20-21-35-26-16-12-13-24(22-26)17-18-27(23(2)3)28(32)33;9-6-8-7-4-2-1-3-5-7/h23-27H,4-22H2,1-3H3,(H,30,34)(H,32,33);7H,1-5H2/t24-,26-,27?;/m1./s1. The van der Waals surface area contributed by atoms with Crippen LogP contribution in [0.2, 0.25) is 0 Å². The van der Waals surface area contributed by atoms with E-state index in [1.54, 1.807) is 6.08 Å². The summed E-state index contributed by atoms with van der Waals surface area (Å²) in [4.78, 5) is 40.0. The van der Waals surface area contributed by atoms with Gasteiger partial charge in [0.05, 0.1) is 24.7 Å². The van der Waals surface area contributed by atoms with E-state index in [0.717, 1.165) is 70.8 Å². The van der Waals surface area contributed by atoms with Crippen molar-refractivity contribution in [3.05, 3.63) is 0 Å². The number of rotatable bonds is 17. The van der Waals surface area contributed by atoms with E-state index in [2.05, 4.69) is 17.2 Å². The van der Waals surface area contributed by atoms with E-state index in [0.29, 0.717) is 31.2 Å². The first-order valence-corrected chi connectivity index (χ1v) is 18.3. The average molecular weight is 620 g/mol. The SMILES string of the molecule is CCCCCCCN(CCO[C@@H]1CCC[C@H](CCC(C(=O)O)C(C)C)C1)C(=O)NC1CCCCC1.O=C=NC1CCCCC1. The summed E-state index contributed by atoms with van der Waals surface area (Å²) in [5.41, 5.74) is 0. The fraction of sp³-hybridized carbons (Fsp3) is 0.917. The summed E-state index contributed by atoms with van der Waals surface area (Å²) in [6.07, 6.45) is 25.9. The Morgan fingerprint density at radius 1 is 0.909 bits per heavy atom. The zero-order valence-corrected chi connectivity index (χ0v) is 28.4. The number of ether oxygens (including phenoxy) is 1. The Bertz CT molecular complexity index is 819. The molecule has 0 aliphatic heterocycles. The number of carbonyl (C=O) groups excluding carboxylic acids is 2. The van der Waals surface area contributed by atoms with Crippen LogP contribution in [0.25, 0.3) is 0 Å². The number of hydrogen-bond donors (Lipinski definition) is 2. The topological polar surface area (TPSA) is 108 Å². The number of carbonyl (C=O) groups is 2. The van der Waals surface area contributed by atoms with Gasteiger partial charge in [-0.1, -0.05) is 97.8 Å². The third kappa shape index (κ3) is 16.4. The van der Waals surface area contributed by atoms with Gasteiger partial charge in [-0.15, -0.1) is 0 Å². The van der Waals surface area contributed by atoms with Crippen LogP contribution in [-0.4, -0.2) is 66.0 Å². The summed E-state index contributed by atoms with van der Waals surface area (Å²) < 4.78 is 6.29. The van der Waals surface area contributed by atoms with Crippen molar-refractivity contribution in [3.8, 4) is 0 Å². The van der Waals surface area contributed by atoms with Crippen LogP contribution >= 0.6 is 0 Å². The van der Waals surface area contributed by atoms with Crippen molar-refractivity contribution in [2.24, 2.45) is 22.7 Å². The molecule has 2 N–H and O–H groups in total. The maximum Gasteiger partial charge on any atom is 0.317 e. The van der Waals surface area contributed by atoms with Crippen LogP contribution in [0, 0.1) is 17.8 Å². The van der Waals surface area contributed by atoms with Gasteiger partial charge in [-0.3, -0.25) is 4.79 Å². The van der Waals surface area contributed by atoms with Gasteiger partial charge in [0.25, 0.3) is 0 Å². The van der Waals surface area contributed by atoms with Crippen molar-refractivity contribution in [1.29, 1.82) is 0 Å². The predicted molar refractivity (Wildman–Crippen MR) is 178 cm³/mol. The lowest BCUT2D eigenvalue weighted by Gasteiger charge is -2.32. The van der Waals surface area contributed by atoms with Crippen molar-refractivity contribution in [1.82, 2.24) is 10.2 Å². The predicted octanol–water partition coefficient (Wildman–Crippen LogP) is 8.67. The van der Waals surface area contributed by atoms with Gasteiger partial charge in [0.15, 0.2) is 0 Å². The molecule has 3 saturated carbocycles. The molecule has 0 heterocycles. The second-order valence-corrected chi connectivity index (χ2v) is 14.0. The average Bonchev–Trinajstić information content (AvgIpc) is 3.01. The summed E-state index contributed by atoms with van der Waals surface area (Å²) in [5.74, 6) is -0.177. The molecule has 3 aliphatic carbocycles. The highest BCUT2D eigenvalue weighted by atomic mass is 16.5. The first-order valence-electron chi connectivity index (χ1n) is 18.3. The number of hydrogen-bond acceptors (Lipinski definition) is 5. The van der Waals surface area contributed by atoms with E-state index in [1.165, 1.54) is 70.6 Å². The van der Waals surface area contributed by atoms with Gasteiger partial charge in [0, 0.05) is 19.1 Å². The molecular weight excluding hydrogens is 554 g/mol. The van der Waals surface area contributed by atoms with Gasteiger partial charge in [0.1, 0.15) is 0 Å². The lowest BCUT2D eigenvalue weighted by atomic mass is 9.81. The van der Waals surface area contributed by atoms with Crippen molar-refractivity contribution >= 4 is 18.1 Å². The number of isocyanates is 1. The third-order valence-electron chi connectivity index (χ3n) is 10.0. The van der Waals surface area contributed by atoms with Crippen LogP contribution in [0.1, 0.15) is 156 Å². The fourth-order valence-electron chi connectivity index (χ4n) is 7.16. The molecule has 254 valence electrons. The minimum atomic E-state index is -0.662. The van der Waals surface area contributed by atoms with Crippen LogP contribution in [0.5, 0.6) is 0 Å². The molecule has 0 aromatic rings. The Morgan fingerprint density at radius 3 is 2.23 bits per heavy atom. The van der Waals surface area contributed by atoms with Gasteiger partial charge in [-0.05, 0) is 69.6 Å². The second kappa shape index (κ2) is 23.4. The monoisotopic (exact) mass is 619 g/mol. The number of carboxylic acids is 1. The number of unbranched alkanes of at least 4 members (excludes halogenated alkanes) is 4. The number of carboxylic acid groups (broad SMARTS) is 1. The highest BCUT2D eigenvalue weighted by molar-refractivity contribution is 5.74. The molecule has 3 rings (SSSR count). The summed E-state index contributed by atoms with van der Waals surface area (Å²) in [6, 6.07) is 0.724. The van der Waals surface area contributed by atoms with Gasteiger partial charge < -0.3 is 20.1 Å². The van der Waals surface area contributed by atoms with E-state index in [1.807, 2.05) is 18.7 Å². The summed E-state index contributed by atoms with van der Waals surface area (Å²) in [5, 5.41) is 12.8.